The molecule has 2 aromatic rings. The normalized spacial score (nSPS) is 12.2. The lowest BCUT2D eigenvalue weighted by Crippen LogP contribution is -2.20. The monoisotopic (exact) mass is 280 g/mol. The SMILES string of the molecule is OC(COc1cccc(Cl)c1)Cc1ccc(F)cc1. The predicted molar refractivity (Wildman–Crippen MR) is 73.1 cm³/mol. The van der Waals surface area contributed by atoms with E-state index in [9.17, 15) is 9.50 Å². The Hall–Kier alpha value is -1.58. The number of benzene rings is 2. The number of hydrogen-bond donors (Lipinski definition) is 1. The molecule has 1 atom stereocenters. The molecular formula is C15H14ClFO2. The lowest BCUT2D eigenvalue weighted by Gasteiger charge is -2.12. The summed E-state index contributed by atoms with van der Waals surface area (Å²) in [5.41, 5.74) is 0.864. The zero-order valence-electron chi connectivity index (χ0n) is 10.2. The Morgan fingerprint density at radius 3 is 2.58 bits per heavy atom. The fourth-order valence-electron chi connectivity index (χ4n) is 1.70. The molecule has 2 nitrogen and oxygen atoms in total. The third-order valence-corrected chi connectivity index (χ3v) is 2.86. The molecule has 2 aromatic carbocycles. The Morgan fingerprint density at radius 2 is 1.89 bits per heavy atom. The highest BCUT2D eigenvalue weighted by molar-refractivity contribution is 6.30. The van der Waals surface area contributed by atoms with Gasteiger partial charge in [0, 0.05) is 11.4 Å². The van der Waals surface area contributed by atoms with Gasteiger partial charge in [-0.1, -0.05) is 29.8 Å². The van der Waals surface area contributed by atoms with Crippen LogP contribution in [0.2, 0.25) is 5.02 Å². The molecule has 0 saturated carbocycles. The third-order valence-electron chi connectivity index (χ3n) is 2.62. The van der Waals surface area contributed by atoms with Crippen molar-refractivity contribution in [1.82, 2.24) is 0 Å². The Bertz CT molecular complexity index is 528. The number of hydrogen-bond acceptors (Lipinski definition) is 2. The predicted octanol–water partition coefficient (Wildman–Crippen LogP) is 3.46. The molecule has 0 aliphatic heterocycles. The van der Waals surface area contributed by atoms with Gasteiger partial charge in [0.15, 0.2) is 0 Å². The summed E-state index contributed by atoms with van der Waals surface area (Å²) in [6, 6.07) is 13.0. The molecule has 0 saturated heterocycles. The number of rotatable bonds is 5. The second-order valence-electron chi connectivity index (χ2n) is 4.25. The number of halogens is 2. The quantitative estimate of drug-likeness (QED) is 0.909. The van der Waals surface area contributed by atoms with Gasteiger partial charge in [-0.2, -0.15) is 0 Å². The van der Waals surface area contributed by atoms with E-state index in [0.29, 0.717) is 17.2 Å². The van der Waals surface area contributed by atoms with E-state index < -0.39 is 6.10 Å². The topological polar surface area (TPSA) is 29.5 Å². The summed E-state index contributed by atoms with van der Waals surface area (Å²) in [5.74, 6) is 0.332. The van der Waals surface area contributed by atoms with Crippen LogP contribution < -0.4 is 4.74 Å². The van der Waals surface area contributed by atoms with Gasteiger partial charge in [0.1, 0.15) is 18.2 Å². The highest BCUT2D eigenvalue weighted by atomic mass is 35.5. The molecule has 0 aromatic heterocycles. The van der Waals surface area contributed by atoms with Crippen molar-refractivity contribution in [1.29, 1.82) is 0 Å². The summed E-state index contributed by atoms with van der Waals surface area (Å²) in [4.78, 5) is 0. The van der Waals surface area contributed by atoms with Gasteiger partial charge in [-0.3, -0.25) is 0 Å². The summed E-state index contributed by atoms with van der Waals surface area (Å²) >= 11 is 5.83. The van der Waals surface area contributed by atoms with Gasteiger partial charge in [0.05, 0.1) is 6.10 Å². The lowest BCUT2D eigenvalue weighted by molar-refractivity contribution is 0.108. The van der Waals surface area contributed by atoms with Gasteiger partial charge in [-0.25, -0.2) is 4.39 Å². The van der Waals surface area contributed by atoms with Crippen LogP contribution in [0.15, 0.2) is 48.5 Å². The van der Waals surface area contributed by atoms with Crippen molar-refractivity contribution in [3.63, 3.8) is 0 Å². The molecule has 0 heterocycles. The van der Waals surface area contributed by atoms with E-state index in [1.165, 1.54) is 12.1 Å². The first-order chi connectivity index (χ1) is 9.13. The Balaban J connectivity index is 1.84. The Kier molecular flexibility index (Phi) is 4.77. The summed E-state index contributed by atoms with van der Waals surface area (Å²) in [7, 11) is 0. The molecule has 100 valence electrons. The maximum atomic E-state index is 12.7. The zero-order valence-corrected chi connectivity index (χ0v) is 11.0. The molecule has 19 heavy (non-hydrogen) atoms. The summed E-state index contributed by atoms with van der Waals surface area (Å²) < 4.78 is 18.2. The van der Waals surface area contributed by atoms with Crippen molar-refractivity contribution in [3.8, 4) is 5.75 Å². The molecule has 1 N–H and O–H groups in total. The van der Waals surface area contributed by atoms with E-state index in [1.54, 1.807) is 36.4 Å². The highest BCUT2D eigenvalue weighted by Gasteiger charge is 2.07. The fraction of sp³-hybridized carbons (Fsp3) is 0.200. The zero-order chi connectivity index (χ0) is 13.7. The summed E-state index contributed by atoms with van der Waals surface area (Å²) in [5, 5.41) is 10.4. The van der Waals surface area contributed by atoms with Crippen molar-refractivity contribution in [2.24, 2.45) is 0 Å². The Morgan fingerprint density at radius 1 is 1.16 bits per heavy atom. The van der Waals surface area contributed by atoms with E-state index in [0.717, 1.165) is 5.56 Å². The number of aliphatic hydroxyl groups excluding tert-OH is 1. The summed E-state index contributed by atoms with van der Waals surface area (Å²) in [6.07, 6.45) is -0.231. The average Bonchev–Trinajstić information content (AvgIpc) is 2.39. The van der Waals surface area contributed by atoms with Gasteiger partial charge >= 0.3 is 0 Å². The molecular weight excluding hydrogens is 267 g/mol. The van der Waals surface area contributed by atoms with Crippen molar-refractivity contribution in [2.75, 3.05) is 6.61 Å². The van der Waals surface area contributed by atoms with Crippen LogP contribution in [0.1, 0.15) is 5.56 Å². The van der Waals surface area contributed by atoms with Crippen molar-refractivity contribution >= 4 is 11.6 Å². The molecule has 0 bridgehead atoms. The average molecular weight is 281 g/mol. The van der Waals surface area contributed by atoms with E-state index in [1.807, 2.05) is 0 Å². The van der Waals surface area contributed by atoms with Crippen LogP contribution in [0.4, 0.5) is 4.39 Å². The van der Waals surface area contributed by atoms with Crippen LogP contribution in [0.3, 0.4) is 0 Å². The molecule has 0 fully saturated rings. The molecule has 1 unspecified atom stereocenters. The van der Waals surface area contributed by atoms with Gasteiger partial charge < -0.3 is 9.84 Å². The summed E-state index contributed by atoms with van der Waals surface area (Å²) in [6.45, 7) is 0.164. The number of ether oxygens (including phenoxy) is 1. The first-order valence-corrected chi connectivity index (χ1v) is 6.32. The van der Waals surface area contributed by atoms with Crippen LogP contribution in [0.5, 0.6) is 5.75 Å². The van der Waals surface area contributed by atoms with Crippen LogP contribution in [-0.4, -0.2) is 17.8 Å². The molecule has 0 amide bonds. The largest absolute Gasteiger partial charge is 0.491 e. The van der Waals surface area contributed by atoms with E-state index >= 15 is 0 Å². The van der Waals surface area contributed by atoms with E-state index in [-0.39, 0.29) is 12.4 Å². The maximum absolute atomic E-state index is 12.7. The molecule has 0 aliphatic rings. The first-order valence-electron chi connectivity index (χ1n) is 5.94. The molecule has 0 aliphatic carbocycles. The van der Waals surface area contributed by atoms with Gasteiger partial charge in [0.2, 0.25) is 0 Å². The number of aliphatic hydroxyl groups is 1. The van der Waals surface area contributed by atoms with Crippen molar-refractivity contribution in [3.05, 3.63) is 64.9 Å². The Labute approximate surface area is 116 Å². The second-order valence-corrected chi connectivity index (χ2v) is 4.69. The molecule has 2 rings (SSSR count). The minimum Gasteiger partial charge on any atom is -0.491 e. The second kappa shape index (κ2) is 6.55. The highest BCUT2D eigenvalue weighted by Crippen LogP contribution is 2.17. The molecule has 4 heteroatoms. The minimum absolute atomic E-state index is 0.164. The van der Waals surface area contributed by atoms with E-state index in [4.69, 9.17) is 16.3 Å². The molecule has 0 radical (unpaired) electrons. The van der Waals surface area contributed by atoms with Gasteiger partial charge in [-0.15, -0.1) is 0 Å². The third kappa shape index (κ3) is 4.54. The van der Waals surface area contributed by atoms with Crippen LogP contribution in [-0.2, 0) is 6.42 Å². The smallest absolute Gasteiger partial charge is 0.123 e. The molecule has 0 spiro atoms. The first kappa shape index (κ1) is 13.8. The van der Waals surface area contributed by atoms with Crippen LogP contribution in [0.25, 0.3) is 0 Å². The lowest BCUT2D eigenvalue weighted by atomic mass is 10.1. The van der Waals surface area contributed by atoms with Crippen LogP contribution >= 0.6 is 11.6 Å². The standard InChI is InChI=1S/C15H14ClFO2/c16-12-2-1-3-15(9-12)19-10-14(18)8-11-4-6-13(17)7-5-11/h1-7,9,14,18H,8,10H2. The minimum atomic E-state index is -0.649. The van der Waals surface area contributed by atoms with Crippen LogP contribution in [0, 0.1) is 5.82 Å². The van der Waals surface area contributed by atoms with Gasteiger partial charge in [0.25, 0.3) is 0 Å². The van der Waals surface area contributed by atoms with Gasteiger partial charge in [-0.05, 0) is 35.9 Å². The fourth-order valence-corrected chi connectivity index (χ4v) is 1.88. The van der Waals surface area contributed by atoms with Crippen molar-refractivity contribution < 1.29 is 14.2 Å². The van der Waals surface area contributed by atoms with E-state index in [2.05, 4.69) is 0 Å². The van der Waals surface area contributed by atoms with Crippen molar-refractivity contribution in [2.45, 2.75) is 12.5 Å². The maximum Gasteiger partial charge on any atom is 0.123 e.